The van der Waals surface area contributed by atoms with Gasteiger partial charge in [0.15, 0.2) is 5.58 Å². The topological polar surface area (TPSA) is 92.5 Å². The molecule has 3 rings (SSSR count). The number of oxazole rings is 1. The van der Waals surface area contributed by atoms with Crippen molar-refractivity contribution in [3.63, 3.8) is 0 Å². The van der Waals surface area contributed by atoms with Crippen LogP contribution >= 0.6 is 11.8 Å². The number of aromatic nitrogens is 1. The molecule has 1 N–H and O–H groups in total. The van der Waals surface area contributed by atoms with E-state index in [1.54, 1.807) is 6.07 Å². The lowest BCUT2D eigenvalue weighted by Crippen LogP contribution is -2.22. The number of thioether (sulfide) groups is 1. The molecule has 7 nitrogen and oxygen atoms in total. The molecule has 0 saturated heterocycles. The van der Waals surface area contributed by atoms with Gasteiger partial charge in [0.25, 0.3) is 5.22 Å². The molecule has 1 heterocycles. The van der Waals surface area contributed by atoms with Crippen LogP contribution in [0.15, 0.2) is 50.9 Å². The van der Waals surface area contributed by atoms with Crippen molar-refractivity contribution >= 4 is 44.5 Å². The predicted molar refractivity (Wildman–Crippen MR) is 110 cm³/mol. The van der Waals surface area contributed by atoms with Crippen molar-refractivity contribution in [3.8, 4) is 0 Å². The van der Waals surface area contributed by atoms with Gasteiger partial charge in [-0.2, -0.15) is 0 Å². The molecule has 0 aliphatic heterocycles. The van der Waals surface area contributed by atoms with E-state index in [4.69, 9.17) is 4.42 Å². The smallest absolute Gasteiger partial charge is 0.257 e. The second kappa shape index (κ2) is 7.94. The summed E-state index contributed by atoms with van der Waals surface area (Å²) in [5, 5.41) is 3.19. The Labute approximate surface area is 168 Å². The summed E-state index contributed by atoms with van der Waals surface area (Å²) in [5.74, 6) is -0.0416. The molecule has 148 valence electrons. The fourth-order valence-electron chi connectivity index (χ4n) is 2.50. The first-order valence-corrected chi connectivity index (χ1v) is 10.9. The van der Waals surface area contributed by atoms with E-state index in [2.05, 4.69) is 10.3 Å². The van der Waals surface area contributed by atoms with Crippen LogP contribution in [0, 0.1) is 13.8 Å². The number of anilines is 1. The van der Waals surface area contributed by atoms with Gasteiger partial charge in [-0.15, -0.1) is 0 Å². The lowest BCUT2D eigenvalue weighted by atomic mass is 10.1. The summed E-state index contributed by atoms with van der Waals surface area (Å²) < 4.78 is 31.2. The first-order chi connectivity index (χ1) is 13.2. The Bertz CT molecular complexity index is 1140. The number of hydrogen-bond donors (Lipinski definition) is 1. The summed E-state index contributed by atoms with van der Waals surface area (Å²) in [4.78, 5) is 16.7. The van der Waals surface area contributed by atoms with Crippen LogP contribution in [0.25, 0.3) is 11.1 Å². The number of fused-ring (bicyclic) bond motifs is 1. The monoisotopic (exact) mass is 419 g/mol. The Morgan fingerprint density at radius 1 is 1.18 bits per heavy atom. The van der Waals surface area contributed by atoms with Crippen LogP contribution in [-0.4, -0.2) is 43.5 Å². The number of nitrogens with zero attached hydrogens (tertiary/aromatic N) is 2. The van der Waals surface area contributed by atoms with Gasteiger partial charge in [0.1, 0.15) is 5.52 Å². The zero-order valence-electron chi connectivity index (χ0n) is 16.0. The number of rotatable bonds is 6. The van der Waals surface area contributed by atoms with Crippen molar-refractivity contribution in [3.05, 3.63) is 47.5 Å². The van der Waals surface area contributed by atoms with Gasteiger partial charge in [-0.3, -0.25) is 4.79 Å². The molecule has 3 aromatic rings. The molecule has 28 heavy (non-hydrogen) atoms. The van der Waals surface area contributed by atoms with E-state index >= 15 is 0 Å². The highest BCUT2D eigenvalue weighted by Crippen LogP contribution is 2.26. The van der Waals surface area contributed by atoms with Crippen molar-refractivity contribution in [1.29, 1.82) is 0 Å². The van der Waals surface area contributed by atoms with E-state index in [-0.39, 0.29) is 16.6 Å². The third kappa shape index (κ3) is 4.37. The first kappa shape index (κ1) is 20.4. The molecule has 0 aliphatic rings. The molecule has 0 aliphatic carbocycles. The number of benzene rings is 2. The molecule has 0 spiro atoms. The van der Waals surface area contributed by atoms with Gasteiger partial charge in [0, 0.05) is 19.8 Å². The fourth-order valence-corrected chi connectivity index (χ4v) is 4.06. The van der Waals surface area contributed by atoms with Crippen LogP contribution in [0.5, 0.6) is 0 Å². The minimum Gasteiger partial charge on any atom is -0.431 e. The third-order valence-electron chi connectivity index (χ3n) is 4.11. The third-order valence-corrected chi connectivity index (χ3v) is 6.75. The average Bonchev–Trinajstić information content (AvgIpc) is 3.05. The quantitative estimate of drug-likeness (QED) is 0.616. The minimum absolute atomic E-state index is 0.128. The SMILES string of the molecule is Cc1ccc(C)c(NC(=O)CSc2nc3cc(S(=O)(=O)N(C)C)ccc3o2)c1. The maximum absolute atomic E-state index is 12.2. The molecular weight excluding hydrogens is 398 g/mol. The molecule has 0 unspecified atom stereocenters. The molecule has 0 atom stereocenters. The second-order valence-electron chi connectivity index (χ2n) is 6.55. The van der Waals surface area contributed by atoms with Crippen molar-refractivity contribution in [1.82, 2.24) is 9.29 Å². The highest BCUT2D eigenvalue weighted by Gasteiger charge is 2.19. The molecule has 0 radical (unpaired) electrons. The van der Waals surface area contributed by atoms with Crippen molar-refractivity contribution in [2.24, 2.45) is 0 Å². The number of hydrogen-bond acceptors (Lipinski definition) is 6. The van der Waals surface area contributed by atoms with Gasteiger partial charge in [0.2, 0.25) is 15.9 Å². The van der Waals surface area contributed by atoms with Gasteiger partial charge in [-0.05, 0) is 49.2 Å². The van der Waals surface area contributed by atoms with E-state index in [1.807, 2.05) is 32.0 Å². The van der Waals surface area contributed by atoms with Crippen molar-refractivity contribution in [2.45, 2.75) is 24.0 Å². The van der Waals surface area contributed by atoms with Crippen LogP contribution in [0.3, 0.4) is 0 Å². The largest absolute Gasteiger partial charge is 0.431 e. The Balaban J connectivity index is 1.71. The second-order valence-corrected chi connectivity index (χ2v) is 9.63. The summed E-state index contributed by atoms with van der Waals surface area (Å²) in [6.45, 7) is 3.90. The van der Waals surface area contributed by atoms with Gasteiger partial charge in [0.05, 0.1) is 10.6 Å². The number of nitrogens with one attached hydrogen (secondary N) is 1. The van der Waals surface area contributed by atoms with Crippen LogP contribution in [0.4, 0.5) is 5.69 Å². The molecule has 9 heteroatoms. The van der Waals surface area contributed by atoms with Gasteiger partial charge in [-0.1, -0.05) is 23.9 Å². The fraction of sp³-hybridized carbons (Fsp3) is 0.263. The molecule has 1 amide bonds. The van der Waals surface area contributed by atoms with E-state index < -0.39 is 10.0 Å². The predicted octanol–water partition coefficient (Wildman–Crippen LogP) is 3.43. The Kier molecular flexibility index (Phi) is 5.78. The Hall–Kier alpha value is -2.36. The highest BCUT2D eigenvalue weighted by molar-refractivity contribution is 7.99. The van der Waals surface area contributed by atoms with Crippen molar-refractivity contribution in [2.75, 3.05) is 25.2 Å². The lowest BCUT2D eigenvalue weighted by Gasteiger charge is -2.10. The maximum atomic E-state index is 12.2. The van der Waals surface area contributed by atoms with Gasteiger partial charge >= 0.3 is 0 Å². The number of amides is 1. The van der Waals surface area contributed by atoms with Crippen LogP contribution < -0.4 is 5.32 Å². The van der Waals surface area contributed by atoms with Crippen LogP contribution in [-0.2, 0) is 14.8 Å². The summed E-state index contributed by atoms with van der Waals surface area (Å²) in [5.41, 5.74) is 3.73. The standard InChI is InChI=1S/C19H21N3O4S2/c1-12-5-6-13(2)15(9-12)20-18(23)11-27-19-21-16-10-14(7-8-17(16)26-19)28(24,25)22(3)4/h5-10H,11H2,1-4H3,(H,20,23). The molecule has 0 bridgehead atoms. The van der Waals surface area contributed by atoms with Crippen LogP contribution in [0.2, 0.25) is 0 Å². The molecule has 0 fully saturated rings. The average molecular weight is 420 g/mol. The first-order valence-electron chi connectivity index (χ1n) is 8.50. The number of sulfonamides is 1. The summed E-state index contributed by atoms with van der Waals surface area (Å²) in [6, 6.07) is 10.4. The summed E-state index contributed by atoms with van der Waals surface area (Å²) >= 11 is 1.15. The Morgan fingerprint density at radius 3 is 2.64 bits per heavy atom. The number of aryl methyl sites for hydroxylation is 2. The number of carbonyl (C=O) groups is 1. The summed E-state index contributed by atoms with van der Waals surface area (Å²) in [7, 11) is -0.606. The molecule has 1 aromatic heterocycles. The molecule has 0 saturated carbocycles. The van der Waals surface area contributed by atoms with E-state index in [0.717, 1.165) is 32.9 Å². The zero-order chi connectivity index (χ0) is 20.5. The van der Waals surface area contributed by atoms with Gasteiger partial charge < -0.3 is 9.73 Å². The van der Waals surface area contributed by atoms with E-state index in [1.165, 1.54) is 26.2 Å². The Morgan fingerprint density at radius 2 is 1.93 bits per heavy atom. The van der Waals surface area contributed by atoms with E-state index in [9.17, 15) is 13.2 Å². The molecular formula is C19H21N3O4S2. The van der Waals surface area contributed by atoms with Crippen molar-refractivity contribution < 1.29 is 17.6 Å². The van der Waals surface area contributed by atoms with E-state index in [0.29, 0.717) is 16.3 Å². The lowest BCUT2D eigenvalue weighted by molar-refractivity contribution is -0.113. The molecule has 2 aromatic carbocycles. The summed E-state index contributed by atoms with van der Waals surface area (Å²) in [6.07, 6.45) is 0. The minimum atomic E-state index is -3.55. The highest BCUT2D eigenvalue weighted by atomic mass is 32.2. The number of carbonyl (C=O) groups excluding carboxylic acids is 1. The maximum Gasteiger partial charge on any atom is 0.257 e. The zero-order valence-corrected chi connectivity index (χ0v) is 17.6. The van der Waals surface area contributed by atoms with Gasteiger partial charge in [-0.25, -0.2) is 17.7 Å². The normalized spacial score (nSPS) is 11.9. The van der Waals surface area contributed by atoms with Crippen LogP contribution in [0.1, 0.15) is 11.1 Å².